The average Bonchev–Trinajstić information content (AvgIpc) is 3.34. The summed E-state index contributed by atoms with van der Waals surface area (Å²) in [7, 11) is 0. The lowest BCUT2D eigenvalue weighted by atomic mass is 10.00. The first-order chi connectivity index (χ1) is 15.5. The van der Waals surface area contributed by atoms with Crippen molar-refractivity contribution in [2.24, 2.45) is 0 Å². The molecule has 1 aliphatic carbocycles. The van der Waals surface area contributed by atoms with Crippen LogP contribution < -0.4 is 0 Å². The van der Waals surface area contributed by atoms with Crippen LogP contribution in [0.1, 0.15) is 21.0 Å². The average molecular weight is 496 g/mol. The van der Waals surface area contributed by atoms with Crippen LogP contribution >= 0.6 is 22.7 Å². The zero-order valence-electron chi connectivity index (χ0n) is 17.2. The summed E-state index contributed by atoms with van der Waals surface area (Å²) in [4.78, 5) is 4.05. The summed E-state index contributed by atoms with van der Waals surface area (Å²) in [5.74, 6) is -15.8. The van der Waals surface area contributed by atoms with Crippen LogP contribution in [0.15, 0.2) is 54.6 Å². The van der Waals surface area contributed by atoms with Gasteiger partial charge in [-0.15, -0.1) is 22.7 Å². The minimum Gasteiger partial charge on any atom is -0.236 e. The van der Waals surface area contributed by atoms with Gasteiger partial charge in [-0.25, -0.2) is 4.98 Å². The maximum absolute atomic E-state index is 15.2. The smallest absolute Gasteiger partial charge is 0.236 e. The molecule has 0 saturated carbocycles. The molecule has 170 valence electrons. The maximum Gasteiger partial charge on any atom is 0.380 e. The molecule has 1 nitrogen and oxygen atoms in total. The Morgan fingerprint density at radius 3 is 2.00 bits per heavy atom. The molecule has 0 saturated heterocycles. The van der Waals surface area contributed by atoms with E-state index in [-0.39, 0.29) is 20.3 Å². The summed E-state index contributed by atoms with van der Waals surface area (Å²) < 4.78 is 90.5. The van der Waals surface area contributed by atoms with Gasteiger partial charge in [0.15, 0.2) is 0 Å². The van der Waals surface area contributed by atoms with Gasteiger partial charge in [0.2, 0.25) is 0 Å². The van der Waals surface area contributed by atoms with Gasteiger partial charge < -0.3 is 0 Å². The molecule has 9 heteroatoms. The van der Waals surface area contributed by atoms with Crippen LogP contribution in [0.2, 0.25) is 0 Å². The molecule has 0 N–H and O–H groups in total. The second-order valence-corrected chi connectivity index (χ2v) is 10.1. The summed E-state index contributed by atoms with van der Waals surface area (Å²) >= 11 is 1.80. The number of alkyl halides is 6. The first-order valence-electron chi connectivity index (χ1n) is 9.89. The van der Waals surface area contributed by atoms with Crippen LogP contribution in [0.3, 0.4) is 0 Å². The zero-order chi connectivity index (χ0) is 23.8. The molecule has 0 bridgehead atoms. The first-order valence-corrected chi connectivity index (χ1v) is 11.5. The molecule has 0 aliphatic heterocycles. The van der Waals surface area contributed by atoms with Gasteiger partial charge in [0.1, 0.15) is 5.01 Å². The van der Waals surface area contributed by atoms with Crippen molar-refractivity contribution in [1.29, 1.82) is 0 Å². The lowest BCUT2D eigenvalue weighted by Crippen LogP contribution is -2.48. The van der Waals surface area contributed by atoms with Crippen LogP contribution in [-0.4, -0.2) is 22.8 Å². The predicted octanol–water partition coefficient (Wildman–Crippen LogP) is 8.47. The third kappa shape index (κ3) is 2.94. The van der Waals surface area contributed by atoms with Gasteiger partial charge >= 0.3 is 17.8 Å². The number of nitrogens with zero attached hydrogens (tertiary/aromatic N) is 1. The van der Waals surface area contributed by atoms with E-state index in [2.05, 4.69) is 4.98 Å². The van der Waals surface area contributed by atoms with E-state index >= 15 is 17.6 Å². The molecule has 0 radical (unpaired) electrons. The van der Waals surface area contributed by atoms with E-state index in [1.807, 2.05) is 0 Å². The van der Waals surface area contributed by atoms with Crippen molar-refractivity contribution in [3.05, 3.63) is 75.6 Å². The third-order valence-corrected chi connectivity index (χ3v) is 8.10. The number of halogens is 6. The number of hydrogen-bond donors (Lipinski definition) is 0. The first kappa shape index (κ1) is 22.2. The molecule has 33 heavy (non-hydrogen) atoms. The molecule has 4 aromatic rings. The van der Waals surface area contributed by atoms with Crippen LogP contribution in [-0.2, 0) is 0 Å². The van der Waals surface area contributed by atoms with Crippen molar-refractivity contribution in [3.63, 3.8) is 0 Å². The molecule has 2 aromatic heterocycles. The van der Waals surface area contributed by atoms with Gasteiger partial charge in [-0.3, -0.25) is 0 Å². The molecule has 0 unspecified atom stereocenters. The second-order valence-electron chi connectivity index (χ2n) is 7.82. The van der Waals surface area contributed by atoms with Crippen molar-refractivity contribution >= 4 is 43.9 Å². The minimum absolute atomic E-state index is 0.160. The molecular weight excluding hydrogens is 480 g/mol. The van der Waals surface area contributed by atoms with Gasteiger partial charge in [-0.2, -0.15) is 26.3 Å². The Kier molecular flexibility index (Phi) is 4.82. The minimum atomic E-state index is -5.60. The van der Waals surface area contributed by atoms with Crippen molar-refractivity contribution in [1.82, 2.24) is 4.98 Å². The van der Waals surface area contributed by atoms with Crippen LogP contribution in [0.4, 0.5) is 26.3 Å². The lowest BCUT2D eigenvalue weighted by molar-refractivity contribution is -0.254. The number of aromatic nitrogens is 1. The van der Waals surface area contributed by atoms with Gasteiger partial charge in [0, 0.05) is 20.0 Å². The van der Waals surface area contributed by atoms with Gasteiger partial charge in [0.05, 0.1) is 16.8 Å². The van der Waals surface area contributed by atoms with Gasteiger partial charge in [-0.1, -0.05) is 48.5 Å². The van der Waals surface area contributed by atoms with E-state index in [0.717, 1.165) is 22.7 Å². The Hall–Kier alpha value is -2.65. The Morgan fingerprint density at radius 1 is 0.727 bits per heavy atom. The second kappa shape index (κ2) is 7.17. The van der Waals surface area contributed by atoms with Crippen LogP contribution in [0.5, 0.6) is 0 Å². The fourth-order valence-electron chi connectivity index (χ4n) is 4.09. The quantitative estimate of drug-likeness (QED) is 0.260. The molecule has 0 spiro atoms. The number of allylic oxidation sites excluding steroid dienone is 2. The van der Waals surface area contributed by atoms with Crippen molar-refractivity contribution in [2.45, 2.75) is 31.6 Å². The molecule has 1 aliphatic rings. The highest BCUT2D eigenvalue weighted by Gasteiger charge is 2.81. The number of thiophene rings is 1. The summed E-state index contributed by atoms with van der Waals surface area (Å²) in [6.07, 6.45) is 0. The Bertz CT molecular complexity index is 1420. The lowest BCUT2D eigenvalue weighted by Gasteiger charge is -2.25. The highest BCUT2D eigenvalue weighted by molar-refractivity contribution is 7.20. The number of thiazole rings is 1. The summed E-state index contributed by atoms with van der Waals surface area (Å²) in [6, 6.07) is 15.2. The van der Waals surface area contributed by atoms with Crippen molar-refractivity contribution < 1.29 is 26.3 Å². The Balaban J connectivity index is 1.85. The van der Waals surface area contributed by atoms with Gasteiger partial charge in [-0.05, 0) is 30.9 Å². The normalized spacial score (nSPS) is 18.9. The molecule has 5 rings (SSSR count). The molecular formula is C24H15F6NS2. The molecule has 0 amide bonds. The summed E-state index contributed by atoms with van der Waals surface area (Å²) in [5, 5.41) is 0.844. The predicted molar refractivity (Wildman–Crippen MR) is 121 cm³/mol. The highest BCUT2D eigenvalue weighted by Crippen LogP contribution is 2.66. The largest absolute Gasteiger partial charge is 0.380 e. The summed E-state index contributed by atoms with van der Waals surface area (Å²) in [5.41, 5.74) is -2.43. The maximum atomic E-state index is 15.2. The van der Waals surface area contributed by atoms with E-state index < -0.39 is 34.6 Å². The van der Waals surface area contributed by atoms with E-state index in [0.29, 0.717) is 15.6 Å². The number of benzene rings is 2. The van der Waals surface area contributed by atoms with Crippen LogP contribution in [0.25, 0.3) is 31.8 Å². The van der Waals surface area contributed by atoms with Crippen LogP contribution in [0, 0.1) is 13.8 Å². The topological polar surface area (TPSA) is 12.9 Å². The number of aryl methyl sites for hydroxylation is 2. The highest BCUT2D eigenvalue weighted by atomic mass is 32.1. The Morgan fingerprint density at radius 2 is 1.33 bits per heavy atom. The molecule has 2 aromatic carbocycles. The number of fused-ring (bicyclic) bond motifs is 1. The standard InChI is InChI=1S/C24H15F6NS2/c1-12-15-10-6-7-11-16(15)33-20(12)18-17(22(25,26)24(29,30)23(18,27)28)19-13(2)32-21(31-19)14-8-4-3-5-9-14/h3-11H,1-2H3. The van der Waals surface area contributed by atoms with E-state index in [1.54, 1.807) is 54.6 Å². The molecule has 2 heterocycles. The summed E-state index contributed by atoms with van der Waals surface area (Å²) in [6.45, 7) is 2.90. The van der Waals surface area contributed by atoms with Crippen molar-refractivity contribution in [3.8, 4) is 10.6 Å². The SMILES string of the molecule is Cc1sc(-c2ccccc2)nc1C1=C(c2sc3ccccc3c2C)C(F)(F)C(F)(F)C1(F)F. The van der Waals surface area contributed by atoms with E-state index in [1.165, 1.54) is 13.8 Å². The Labute approximate surface area is 193 Å². The van der Waals surface area contributed by atoms with E-state index in [4.69, 9.17) is 0 Å². The van der Waals surface area contributed by atoms with E-state index in [9.17, 15) is 8.78 Å². The third-order valence-electron chi connectivity index (χ3n) is 5.79. The molecule has 0 atom stereocenters. The monoisotopic (exact) mass is 495 g/mol. The zero-order valence-corrected chi connectivity index (χ0v) is 18.9. The van der Waals surface area contributed by atoms with Crippen molar-refractivity contribution in [2.75, 3.05) is 0 Å². The number of rotatable bonds is 3. The van der Waals surface area contributed by atoms with Gasteiger partial charge in [0.25, 0.3) is 0 Å². The fraction of sp³-hybridized carbons (Fsp3) is 0.208. The fourth-order valence-corrected chi connectivity index (χ4v) is 6.31. The molecule has 0 fully saturated rings. The number of hydrogen-bond acceptors (Lipinski definition) is 3.